The second-order valence-electron chi connectivity index (χ2n) is 8.70. The van der Waals surface area contributed by atoms with Gasteiger partial charge in [0.15, 0.2) is 5.76 Å². The molecule has 0 spiro atoms. The highest BCUT2D eigenvalue weighted by atomic mass is 32.1. The number of aryl methyl sites for hydroxylation is 1. The maximum atomic E-state index is 12.4. The van der Waals surface area contributed by atoms with E-state index < -0.39 is 0 Å². The first-order chi connectivity index (χ1) is 14.2. The molecule has 1 aliphatic carbocycles. The third-order valence-corrected chi connectivity index (χ3v) is 6.69. The van der Waals surface area contributed by atoms with Crippen molar-refractivity contribution >= 4 is 29.1 Å². The lowest BCUT2D eigenvalue weighted by Crippen LogP contribution is -2.41. The lowest BCUT2D eigenvalue weighted by Gasteiger charge is -2.33. The molecule has 8 heteroatoms. The molecule has 7 nitrogen and oxygen atoms in total. The van der Waals surface area contributed by atoms with Crippen LogP contribution in [0.3, 0.4) is 0 Å². The fourth-order valence-corrected chi connectivity index (χ4v) is 4.67. The number of fused-ring (bicyclic) bond motifs is 1. The predicted molar refractivity (Wildman–Crippen MR) is 115 cm³/mol. The fourth-order valence-electron chi connectivity index (χ4n) is 3.57. The SMILES string of the molecule is CC(C)(C)C1CCc2sc(C(=O)NNC(=O)CCCNC(=O)c3ccco3)cc2C1. The number of furan rings is 1. The Morgan fingerprint density at radius 3 is 2.70 bits per heavy atom. The lowest BCUT2D eigenvalue weighted by molar-refractivity contribution is -0.121. The van der Waals surface area contributed by atoms with Crippen LogP contribution >= 0.6 is 11.3 Å². The normalized spacial score (nSPS) is 15.9. The molecule has 0 aliphatic heterocycles. The first-order valence-corrected chi connectivity index (χ1v) is 11.1. The van der Waals surface area contributed by atoms with Gasteiger partial charge in [0.1, 0.15) is 0 Å². The molecule has 2 aromatic heterocycles. The number of thiophene rings is 1. The molecule has 0 saturated carbocycles. The molecule has 1 atom stereocenters. The number of hydrazine groups is 1. The van der Waals surface area contributed by atoms with Crippen molar-refractivity contribution in [2.45, 2.75) is 52.9 Å². The van der Waals surface area contributed by atoms with E-state index in [-0.39, 0.29) is 35.3 Å². The Labute approximate surface area is 180 Å². The molecule has 30 heavy (non-hydrogen) atoms. The number of rotatable bonds is 6. The van der Waals surface area contributed by atoms with Crippen LogP contribution in [0, 0.1) is 11.3 Å². The van der Waals surface area contributed by atoms with Crippen LogP contribution in [0.4, 0.5) is 0 Å². The molecule has 3 N–H and O–H groups in total. The van der Waals surface area contributed by atoms with Gasteiger partial charge in [-0.1, -0.05) is 20.8 Å². The van der Waals surface area contributed by atoms with Gasteiger partial charge in [-0.25, -0.2) is 0 Å². The molecule has 2 aromatic rings. The standard InChI is InChI=1S/C22H29N3O4S/c1-22(2,3)15-8-9-17-14(12-15)13-18(30-17)21(28)25-24-19(26)7-4-10-23-20(27)16-6-5-11-29-16/h5-6,11,13,15H,4,7-10,12H2,1-3H3,(H,23,27)(H,24,26)(H,25,28). The summed E-state index contributed by atoms with van der Waals surface area (Å²) >= 11 is 1.51. The molecule has 0 bridgehead atoms. The van der Waals surface area contributed by atoms with Gasteiger partial charge >= 0.3 is 0 Å². The van der Waals surface area contributed by atoms with E-state index in [0.29, 0.717) is 23.8 Å². The van der Waals surface area contributed by atoms with Gasteiger partial charge in [-0.15, -0.1) is 11.3 Å². The van der Waals surface area contributed by atoms with Crippen LogP contribution in [-0.4, -0.2) is 24.3 Å². The van der Waals surface area contributed by atoms with Gasteiger partial charge in [-0.05, 0) is 60.8 Å². The van der Waals surface area contributed by atoms with Crippen molar-refractivity contribution in [3.63, 3.8) is 0 Å². The Bertz CT molecular complexity index is 896. The Balaban J connectivity index is 1.39. The van der Waals surface area contributed by atoms with Crippen molar-refractivity contribution in [3.8, 4) is 0 Å². The lowest BCUT2D eigenvalue weighted by atomic mass is 9.72. The van der Waals surface area contributed by atoms with Crippen LogP contribution in [0.1, 0.15) is 70.7 Å². The van der Waals surface area contributed by atoms with Crippen LogP contribution < -0.4 is 16.2 Å². The van der Waals surface area contributed by atoms with Crippen LogP contribution in [-0.2, 0) is 17.6 Å². The van der Waals surface area contributed by atoms with E-state index in [2.05, 4.69) is 36.9 Å². The van der Waals surface area contributed by atoms with E-state index >= 15 is 0 Å². The number of nitrogens with one attached hydrogen (secondary N) is 3. The Kier molecular flexibility index (Phi) is 6.97. The molecule has 1 unspecified atom stereocenters. The van der Waals surface area contributed by atoms with Crippen LogP contribution in [0.5, 0.6) is 0 Å². The Morgan fingerprint density at radius 2 is 2.00 bits per heavy atom. The van der Waals surface area contributed by atoms with Gasteiger partial charge in [0.05, 0.1) is 11.1 Å². The minimum Gasteiger partial charge on any atom is -0.459 e. The van der Waals surface area contributed by atoms with Crippen molar-refractivity contribution in [3.05, 3.63) is 45.5 Å². The molecule has 3 rings (SSSR count). The van der Waals surface area contributed by atoms with Crippen molar-refractivity contribution in [1.82, 2.24) is 16.2 Å². The number of hydrogen-bond acceptors (Lipinski definition) is 5. The first kappa shape index (κ1) is 22.1. The maximum Gasteiger partial charge on any atom is 0.286 e. The third-order valence-electron chi connectivity index (χ3n) is 5.46. The molecule has 0 radical (unpaired) electrons. The third kappa shape index (κ3) is 5.72. The van der Waals surface area contributed by atoms with E-state index in [1.54, 1.807) is 12.1 Å². The molecule has 3 amide bonds. The van der Waals surface area contributed by atoms with Gasteiger partial charge in [-0.3, -0.25) is 25.2 Å². The molecule has 0 aromatic carbocycles. The van der Waals surface area contributed by atoms with Crippen molar-refractivity contribution in [2.75, 3.05) is 6.54 Å². The van der Waals surface area contributed by atoms with Crippen molar-refractivity contribution < 1.29 is 18.8 Å². The van der Waals surface area contributed by atoms with Crippen LogP contribution in [0.25, 0.3) is 0 Å². The van der Waals surface area contributed by atoms with Crippen LogP contribution in [0.15, 0.2) is 28.9 Å². The highest BCUT2D eigenvalue weighted by Crippen LogP contribution is 2.40. The van der Waals surface area contributed by atoms with Gasteiger partial charge in [-0.2, -0.15) is 0 Å². The first-order valence-electron chi connectivity index (χ1n) is 10.3. The Morgan fingerprint density at radius 1 is 1.20 bits per heavy atom. The second-order valence-corrected chi connectivity index (χ2v) is 9.84. The minimum atomic E-state index is -0.316. The van der Waals surface area contributed by atoms with E-state index in [1.807, 2.05) is 6.07 Å². The maximum absolute atomic E-state index is 12.4. The van der Waals surface area contributed by atoms with Gasteiger partial charge in [0.2, 0.25) is 5.91 Å². The van der Waals surface area contributed by atoms with E-state index in [0.717, 1.165) is 19.3 Å². The van der Waals surface area contributed by atoms with Crippen LogP contribution in [0.2, 0.25) is 0 Å². The van der Waals surface area contributed by atoms with Gasteiger partial charge in [0, 0.05) is 17.8 Å². The number of hydrogen-bond donors (Lipinski definition) is 3. The average Bonchev–Trinajstić information content (AvgIpc) is 3.37. The molecule has 0 saturated heterocycles. The molecule has 1 aliphatic rings. The van der Waals surface area contributed by atoms with Gasteiger partial charge in [0.25, 0.3) is 11.8 Å². The zero-order valence-corrected chi connectivity index (χ0v) is 18.5. The zero-order valence-electron chi connectivity index (χ0n) is 17.7. The zero-order chi connectivity index (χ0) is 21.7. The molecular formula is C22H29N3O4S. The number of carbonyl (C=O) groups excluding carboxylic acids is 3. The van der Waals surface area contributed by atoms with Crippen molar-refractivity contribution in [1.29, 1.82) is 0 Å². The molecule has 162 valence electrons. The smallest absolute Gasteiger partial charge is 0.286 e. The van der Waals surface area contributed by atoms with E-state index in [1.165, 1.54) is 28.0 Å². The predicted octanol–water partition coefficient (Wildman–Crippen LogP) is 3.46. The summed E-state index contributed by atoms with van der Waals surface area (Å²) < 4.78 is 5.00. The number of carbonyl (C=O) groups is 3. The largest absolute Gasteiger partial charge is 0.459 e. The Hall–Kier alpha value is -2.61. The highest BCUT2D eigenvalue weighted by molar-refractivity contribution is 7.14. The summed E-state index contributed by atoms with van der Waals surface area (Å²) in [7, 11) is 0. The number of amides is 3. The minimum absolute atomic E-state index is 0.187. The topological polar surface area (TPSA) is 100 Å². The monoisotopic (exact) mass is 431 g/mol. The molecule has 2 heterocycles. The summed E-state index contributed by atoms with van der Waals surface area (Å²) in [6, 6.07) is 5.17. The molecule has 0 fully saturated rings. The van der Waals surface area contributed by atoms with Crippen molar-refractivity contribution in [2.24, 2.45) is 11.3 Å². The molecular weight excluding hydrogens is 402 g/mol. The summed E-state index contributed by atoms with van der Waals surface area (Å²) in [6.07, 6.45) is 5.22. The average molecular weight is 432 g/mol. The van der Waals surface area contributed by atoms with Gasteiger partial charge < -0.3 is 9.73 Å². The quantitative estimate of drug-likeness (QED) is 0.482. The highest BCUT2D eigenvalue weighted by Gasteiger charge is 2.30. The second kappa shape index (κ2) is 9.47. The summed E-state index contributed by atoms with van der Waals surface area (Å²) in [4.78, 5) is 38.0. The summed E-state index contributed by atoms with van der Waals surface area (Å²) in [6.45, 7) is 7.13. The fraction of sp³-hybridized carbons (Fsp3) is 0.500. The van der Waals surface area contributed by atoms with E-state index in [9.17, 15) is 14.4 Å². The summed E-state index contributed by atoms with van der Waals surface area (Å²) in [5, 5.41) is 2.67. The summed E-state index contributed by atoms with van der Waals surface area (Å²) in [5.41, 5.74) is 6.45. The summed E-state index contributed by atoms with van der Waals surface area (Å²) in [5.74, 6) is -0.0577. The van der Waals surface area contributed by atoms with E-state index in [4.69, 9.17) is 4.42 Å².